The van der Waals surface area contributed by atoms with Crippen LogP contribution in [0.3, 0.4) is 0 Å². The lowest BCUT2D eigenvalue weighted by atomic mass is 10.0. The quantitative estimate of drug-likeness (QED) is 0.263. The van der Waals surface area contributed by atoms with Crippen molar-refractivity contribution in [2.45, 2.75) is 24.4 Å². The van der Waals surface area contributed by atoms with Gasteiger partial charge in [0.25, 0.3) is 0 Å². The molecule has 82 valence electrons. The summed E-state index contributed by atoms with van der Waals surface area (Å²) in [4.78, 5) is 0. The fourth-order valence-electron chi connectivity index (χ4n) is 0.671. The van der Waals surface area contributed by atoms with E-state index in [-0.39, 0.29) is 5.48 Å². The number of aliphatic hydroxyl groups is 6. The van der Waals surface area contributed by atoms with Crippen molar-refractivity contribution in [3.05, 3.63) is 0 Å². The fraction of sp³-hybridized carbons (Fsp3) is 1.00. The fourth-order valence-corrected chi connectivity index (χ4v) is 0.671. The maximum atomic E-state index is 8.96. The first-order valence-corrected chi connectivity index (χ1v) is 3.48. The summed E-state index contributed by atoms with van der Waals surface area (Å²) < 4.78 is 0. The Hall–Kier alpha value is -0.280. The first-order valence-electron chi connectivity index (χ1n) is 3.48. The molecule has 0 aliphatic heterocycles. The van der Waals surface area contributed by atoms with Gasteiger partial charge in [-0.15, -0.1) is 0 Å². The molecule has 0 saturated heterocycles. The normalized spacial score (nSPS) is 19.8. The highest BCUT2D eigenvalue weighted by molar-refractivity contribution is 4.79. The van der Waals surface area contributed by atoms with Crippen molar-refractivity contribution in [3.8, 4) is 0 Å². The van der Waals surface area contributed by atoms with E-state index in [2.05, 4.69) is 0 Å². The Balaban J connectivity index is 0. The van der Waals surface area contributed by atoms with E-state index in [4.69, 9.17) is 30.6 Å². The minimum atomic E-state index is -1.67. The smallest absolute Gasteiger partial charge is 0.111 e. The highest BCUT2D eigenvalue weighted by Crippen LogP contribution is 2.03. The van der Waals surface area contributed by atoms with Crippen LogP contribution in [-0.2, 0) is 0 Å². The van der Waals surface area contributed by atoms with E-state index in [0.29, 0.717) is 0 Å². The van der Waals surface area contributed by atoms with Crippen molar-refractivity contribution in [2.75, 3.05) is 13.2 Å². The van der Waals surface area contributed by atoms with Crippen molar-refractivity contribution in [3.63, 3.8) is 0 Å². The van der Waals surface area contributed by atoms with Gasteiger partial charge < -0.3 is 36.1 Å². The largest absolute Gasteiger partial charge is 0.412 e. The molecular formula is C6H16O7. The maximum absolute atomic E-state index is 8.96. The molecule has 0 aromatic heterocycles. The van der Waals surface area contributed by atoms with Crippen molar-refractivity contribution in [2.24, 2.45) is 0 Å². The highest BCUT2D eigenvalue weighted by atomic mass is 16.4. The van der Waals surface area contributed by atoms with E-state index in [1.807, 2.05) is 0 Å². The van der Waals surface area contributed by atoms with E-state index in [1.165, 1.54) is 0 Å². The van der Waals surface area contributed by atoms with Gasteiger partial charge in [0, 0.05) is 0 Å². The zero-order valence-corrected chi connectivity index (χ0v) is 6.91. The zero-order valence-electron chi connectivity index (χ0n) is 6.91. The predicted octanol–water partition coefficient (Wildman–Crippen LogP) is -4.41. The average molecular weight is 200 g/mol. The van der Waals surface area contributed by atoms with Gasteiger partial charge in [-0.05, 0) is 0 Å². The van der Waals surface area contributed by atoms with Crippen LogP contribution >= 0.6 is 0 Å². The third-order valence-electron chi connectivity index (χ3n) is 1.51. The van der Waals surface area contributed by atoms with Gasteiger partial charge in [0.2, 0.25) is 0 Å². The third kappa shape index (κ3) is 4.48. The lowest BCUT2D eigenvalue weighted by molar-refractivity contribution is -0.123. The number of rotatable bonds is 5. The topological polar surface area (TPSA) is 153 Å². The second-order valence-electron chi connectivity index (χ2n) is 2.48. The van der Waals surface area contributed by atoms with Gasteiger partial charge in [-0.2, -0.15) is 0 Å². The van der Waals surface area contributed by atoms with Gasteiger partial charge in [-0.3, -0.25) is 0 Å². The highest BCUT2D eigenvalue weighted by Gasteiger charge is 2.29. The first kappa shape index (κ1) is 15.2. The lowest BCUT2D eigenvalue weighted by Crippen LogP contribution is -2.46. The number of aliphatic hydroxyl groups excluding tert-OH is 6. The molecule has 4 atom stereocenters. The van der Waals surface area contributed by atoms with Crippen LogP contribution in [0.2, 0.25) is 0 Å². The minimum Gasteiger partial charge on any atom is -0.412 e. The summed E-state index contributed by atoms with van der Waals surface area (Å²) in [5.41, 5.74) is 0. The van der Waals surface area contributed by atoms with E-state index in [0.717, 1.165) is 0 Å². The van der Waals surface area contributed by atoms with Crippen LogP contribution in [0.25, 0.3) is 0 Å². The second-order valence-corrected chi connectivity index (χ2v) is 2.48. The zero-order chi connectivity index (χ0) is 9.72. The Kier molecular flexibility index (Phi) is 8.37. The Morgan fingerprint density at radius 1 is 0.692 bits per heavy atom. The van der Waals surface area contributed by atoms with Gasteiger partial charge >= 0.3 is 0 Å². The average Bonchev–Trinajstić information content (AvgIpc) is 2.12. The SMILES string of the molecule is O.OC[C@@H](O)[C@H](O)[C@H](O)[C@@H](O)CO. The summed E-state index contributed by atoms with van der Waals surface area (Å²) in [5.74, 6) is 0. The summed E-state index contributed by atoms with van der Waals surface area (Å²) in [6.45, 7) is -1.45. The molecule has 0 bridgehead atoms. The Labute approximate surface area is 74.8 Å². The van der Waals surface area contributed by atoms with Crippen molar-refractivity contribution in [1.29, 1.82) is 0 Å². The second kappa shape index (κ2) is 7.15. The van der Waals surface area contributed by atoms with Gasteiger partial charge in [-0.25, -0.2) is 0 Å². The Bertz CT molecular complexity index is 106. The Morgan fingerprint density at radius 3 is 1.08 bits per heavy atom. The summed E-state index contributed by atoms with van der Waals surface area (Å²) in [7, 11) is 0. The standard InChI is InChI=1S/C6H14O6.H2O/c7-1-3(9)5(11)6(12)4(10)2-8;/h3-12H,1-2H2;1H2/t3-,4+,5+,6-;. The molecule has 0 fully saturated rings. The monoisotopic (exact) mass is 200 g/mol. The molecular weight excluding hydrogens is 184 g/mol. The van der Waals surface area contributed by atoms with Crippen LogP contribution in [-0.4, -0.2) is 73.7 Å². The molecule has 0 spiro atoms. The number of hydrogen-bond donors (Lipinski definition) is 6. The molecule has 0 aromatic carbocycles. The number of hydrogen-bond acceptors (Lipinski definition) is 6. The Morgan fingerprint density at radius 2 is 0.923 bits per heavy atom. The molecule has 0 aromatic rings. The molecule has 0 aliphatic carbocycles. The summed E-state index contributed by atoms with van der Waals surface area (Å²) >= 11 is 0. The van der Waals surface area contributed by atoms with E-state index in [9.17, 15) is 0 Å². The third-order valence-corrected chi connectivity index (χ3v) is 1.51. The van der Waals surface area contributed by atoms with E-state index >= 15 is 0 Å². The molecule has 0 saturated carbocycles. The van der Waals surface area contributed by atoms with Crippen molar-refractivity contribution in [1.82, 2.24) is 0 Å². The molecule has 0 amide bonds. The summed E-state index contributed by atoms with van der Waals surface area (Å²) in [6.07, 6.45) is -6.39. The molecule has 0 unspecified atom stereocenters. The summed E-state index contributed by atoms with van der Waals surface area (Å²) in [6, 6.07) is 0. The van der Waals surface area contributed by atoms with Crippen LogP contribution in [0.4, 0.5) is 0 Å². The lowest BCUT2D eigenvalue weighted by Gasteiger charge is -2.24. The van der Waals surface area contributed by atoms with E-state index in [1.54, 1.807) is 0 Å². The van der Waals surface area contributed by atoms with E-state index < -0.39 is 37.6 Å². The van der Waals surface area contributed by atoms with Crippen LogP contribution in [0.5, 0.6) is 0 Å². The van der Waals surface area contributed by atoms with Crippen LogP contribution in [0.1, 0.15) is 0 Å². The molecule has 13 heavy (non-hydrogen) atoms. The van der Waals surface area contributed by atoms with Gasteiger partial charge in [0.15, 0.2) is 0 Å². The van der Waals surface area contributed by atoms with Crippen LogP contribution < -0.4 is 0 Å². The molecule has 0 heterocycles. The van der Waals surface area contributed by atoms with Crippen molar-refractivity contribution < 1.29 is 36.1 Å². The molecule has 8 N–H and O–H groups in total. The van der Waals surface area contributed by atoms with Gasteiger partial charge in [-0.1, -0.05) is 0 Å². The van der Waals surface area contributed by atoms with Crippen LogP contribution in [0, 0.1) is 0 Å². The van der Waals surface area contributed by atoms with Gasteiger partial charge in [0.1, 0.15) is 24.4 Å². The molecule has 0 radical (unpaired) electrons. The summed E-state index contributed by atoms with van der Waals surface area (Å²) in [5, 5.41) is 52.2. The van der Waals surface area contributed by atoms with Crippen LogP contribution in [0.15, 0.2) is 0 Å². The minimum absolute atomic E-state index is 0. The van der Waals surface area contributed by atoms with Gasteiger partial charge in [0.05, 0.1) is 13.2 Å². The molecule has 7 nitrogen and oxygen atoms in total. The maximum Gasteiger partial charge on any atom is 0.111 e. The molecule has 0 rings (SSSR count). The molecule has 7 heteroatoms. The van der Waals surface area contributed by atoms with Crippen molar-refractivity contribution >= 4 is 0 Å². The predicted molar refractivity (Wildman–Crippen MR) is 41.8 cm³/mol. The molecule has 0 aliphatic rings. The first-order chi connectivity index (χ1) is 5.54.